The number of fused-ring (bicyclic) bond motifs is 1. The van der Waals surface area contributed by atoms with Crippen molar-refractivity contribution in [2.45, 2.75) is 0 Å². The summed E-state index contributed by atoms with van der Waals surface area (Å²) in [6.45, 7) is 0. The lowest BCUT2D eigenvalue weighted by molar-refractivity contribution is 0.397. The third-order valence-corrected chi connectivity index (χ3v) is 3.72. The quantitative estimate of drug-likeness (QED) is 0.616. The molecule has 25 heavy (non-hydrogen) atoms. The molecule has 0 radical (unpaired) electrons. The Kier molecular flexibility index (Phi) is 3.74. The molecular weight excluding hydrogens is 321 g/mol. The first-order chi connectivity index (χ1) is 12.2. The van der Waals surface area contributed by atoms with Crippen molar-refractivity contribution in [3.63, 3.8) is 0 Å². The second-order valence-corrected chi connectivity index (χ2v) is 5.35. The normalized spacial score (nSPS) is 10.8. The van der Waals surface area contributed by atoms with Crippen LogP contribution in [-0.2, 0) is 0 Å². The fourth-order valence-corrected chi connectivity index (χ4v) is 2.57. The Hall–Kier alpha value is -3.48. The van der Waals surface area contributed by atoms with Crippen LogP contribution in [0, 0.1) is 5.82 Å². The molecule has 0 saturated heterocycles. The largest absolute Gasteiger partial charge is 0.481 e. The molecular formula is C18H14FN5O. The summed E-state index contributed by atoms with van der Waals surface area (Å²) >= 11 is 0. The maximum Gasteiger partial charge on any atom is 0.218 e. The summed E-state index contributed by atoms with van der Waals surface area (Å²) in [7, 11) is 1.55. The number of nitrogens with one attached hydrogen (secondary N) is 1. The van der Waals surface area contributed by atoms with Gasteiger partial charge >= 0.3 is 0 Å². The molecule has 124 valence electrons. The molecule has 0 amide bonds. The summed E-state index contributed by atoms with van der Waals surface area (Å²) < 4.78 is 20.5. The highest BCUT2D eigenvalue weighted by Gasteiger charge is 2.16. The van der Waals surface area contributed by atoms with Crippen LogP contribution in [0.2, 0.25) is 0 Å². The average Bonchev–Trinajstić information content (AvgIpc) is 3.00. The van der Waals surface area contributed by atoms with Gasteiger partial charge in [0, 0.05) is 29.7 Å². The summed E-state index contributed by atoms with van der Waals surface area (Å²) in [5.41, 5.74) is 2.80. The molecule has 0 atom stereocenters. The molecule has 3 heterocycles. The highest BCUT2D eigenvalue weighted by atomic mass is 19.1. The van der Waals surface area contributed by atoms with Crippen LogP contribution < -0.4 is 10.1 Å². The number of imidazole rings is 1. The molecule has 0 fully saturated rings. The zero-order valence-electron chi connectivity index (χ0n) is 13.3. The molecule has 0 aliphatic rings. The maximum atomic E-state index is 13.5. The van der Waals surface area contributed by atoms with E-state index in [-0.39, 0.29) is 5.82 Å². The Morgan fingerprint density at radius 3 is 2.84 bits per heavy atom. The van der Waals surface area contributed by atoms with Gasteiger partial charge < -0.3 is 10.1 Å². The van der Waals surface area contributed by atoms with Crippen LogP contribution >= 0.6 is 0 Å². The van der Waals surface area contributed by atoms with Gasteiger partial charge in [0.25, 0.3) is 0 Å². The number of hydrogen-bond acceptors (Lipinski definition) is 5. The van der Waals surface area contributed by atoms with Crippen LogP contribution in [0.1, 0.15) is 0 Å². The van der Waals surface area contributed by atoms with Gasteiger partial charge in [0.1, 0.15) is 29.3 Å². The molecule has 0 aliphatic heterocycles. The minimum absolute atomic E-state index is 0.318. The Bertz CT molecular complexity index is 1030. The summed E-state index contributed by atoms with van der Waals surface area (Å²) in [5.74, 6) is 0.817. The Morgan fingerprint density at radius 1 is 1.16 bits per heavy atom. The van der Waals surface area contributed by atoms with Crippen LogP contribution in [0.5, 0.6) is 5.88 Å². The minimum atomic E-state index is -0.318. The lowest BCUT2D eigenvalue weighted by Crippen LogP contribution is -1.99. The maximum absolute atomic E-state index is 13.5. The summed E-state index contributed by atoms with van der Waals surface area (Å²) in [5, 5.41) is 3.22. The molecule has 1 aromatic carbocycles. The average molecular weight is 335 g/mol. The van der Waals surface area contributed by atoms with Crippen LogP contribution in [0.3, 0.4) is 0 Å². The van der Waals surface area contributed by atoms with E-state index in [2.05, 4.69) is 20.3 Å². The molecule has 6 nitrogen and oxygen atoms in total. The number of anilines is 2. The molecule has 3 aromatic heterocycles. The van der Waals surface area contributed by atoms with Crippen molar-refractivity contribution >= 4 is 17.2 Å². The number of aromatic nitrogens is 4. The van der Waals surface area contributed by atoms with E-state index in [1.807, 2.05) is 12.1 Å². The number of halogens is 1. The first-order valence-electron chi connectivity index (χ1n) is 7.59. The second kappa shape index (κ2) is 6.20. The molecule has 7 heteroatoms. The third kappa shape index (κ3) is 2.87. The highest BCUT2D eigenvalue weighted by Crippen LogP contribution is 2.31. The minimum Gasteiger partial charge on any atom is -0.481 e. The monoisotopic (exact) mass is 335 g/mol. The molecule has 0 bridgehead atoms. The van der Waals surface area contributed by atoms with Gasteiger partial charge in [-0.2, -0.15) is 0 Å². The van der Waals surface area contributed by atoms with Gasteiger partial charge in [-0.05, 0) is 30.3 Å². The van der Waals surface area contributed by atoms with E-state index >= 15 is 0 Å². The molecule has 4 aromatic rings. The molecule has 1 N–H and O–H groups in total. The van der Waals surface area contributed by atoms with E-state index < -0.39 is 0 Å². The van der Waals surface area contributed by atoms with Crippen LogP contribution in [0.15, 0.2) is 61.2 Å². The van der Waals surface area contributed by atoms with Gasteiger partial charge in [-0.15, -0.1) is 0 Å². The number of nitrogens with zero attached hydrogens (tertiary/aromatic N) is 4. The number of rotatable bonds is 4. The molecule has 0 spiro atoms. The van der Waals surface area contributed by atoms with E-state index in [9.17, 15) is 4.39 Å². The lowest BCUT2D eigenvalue weighted by Gasteiger charge is -2.09. The smallest absolute Gasteiger partial charge is 0.218 e. The molecule has 0 unspecified atom stereocenters. The molecule has 4 rings (SSSR count). The van der Waals surface area contributed by atoms with E-state index in [0.717, 1.165) is 5.56 Å². The standard InChI is InChI=1S/C18H14FN5O/c1-25-16-9-15-23-17(12-4-3-7-20-10-12)18(24(15)11-21-16)22-14-6-2-5-13(19)8-14/h2-11,22H,1H3. The first kappa shape index (κ1) is 15.1. The zero-order chi connectivity index (χ0) is 17.2. The highest BCUT2D eigenvalue weighted by molar-refractivity contribution is 5.79. The van der Waals surface area contributed by atoms with Gasteiger partial charge in [0.15, 0.2) is 0 Å². The van der Waals surface area contributed by atoms with Gasteiger partial charge in [-0.25, -0.2) is 14.4 Å². The van der Waals surface area contributed by atoms with Crippen molar-refractivity contribution in [3.05, 3.63) is 67.0 Å². The van der Waals surface area contributed by atoms with Gasteiger partial charge in [0.05, 0.1) is 7.11 Å². The van der Waals surface area contributed by atoms with E-state index in [1.165, 1.54) is 12.1 Å². The fourth-order valence-electron chi connectivity index (χ4n) is 2.57. The van der Waals surface area contributed by atoms with Crippen molar-refractivity contribution in [2.75, 3.05) is 12.4 Å². The van der Waals surface area contributed by atoms with E-state index in [1.54, 1.807) is 48.4 Å². The van der Waals surface area contributed by atoms with Crippen molar-refractivity contribution in [1.82, 2.24) is 19.4 Å². The zero-order valence-corrected chi connectivity index (χ0v) is 13.3. The SMILES string of the molecule is COc1cc2nc(-c3cccnc3)c(Nc3cccc(F)c3)n2cn1. The topological polar surface area (TPSA) is 64.3 Å². The number of benzene rings is 1. The third-order valence-electron chi connectivity index (χ3n) is 3.72. The number of pyridine rings is 1. The van der Waals surface area contributed by atoms with Crippen molar-refractivity contribution in [3.8, 4) is 17.1 Å². The van der Waals surface area contributed by atoms with Gasteiger partial charge in [0.2, 0.25) is 5.88 Å². The fraction of sp³-hybridized carbons (Fsp3) is 0.0556. The van der Waals surface area contributed by atoms with E-state index in [0.29, 0.717) is 28.7 Å². The van der Waals surface area contributed by atoms with Crippen molar-refractivity contribution in [1.29, 1.82) is 0 Å². The summed E-state index contributed by atoms with van der Waals surface area (Å²) in [6, 6.07) is 11.7. The van der Waals surface area contributed by atoms with Crippen molar-refractivity contribution in [2.24, 2.45) is 0 Å². The van der Waals surface area contributed by atoms with Gasteiger partial charge in [-0.3, -0.25) is 9.38 Å². The summed E-state index contributed by atoms with van der Waals surface area (Å²) in [6.07, 6.45) is 5.04. The number of ether oxygens (including phenoxy) is 1. The summed E-state index contributed by atoms with van der Waals surface area (Å²) in [4.78, 5) is 13.0. The number of methoxy groups -OCH3 is 1. The number of hydrogen-bond donors (Lipinski definition) is 1. The van der Waals surface area contributed by atoms with Crippen LogP contribution in [-0.4, -0.2) is 26.5 Å². The molecule has 0 aliphatic carbocycles. The predicted octanol–water partition coefficient (Wildman–Crippen LogP) is 3.68. The molecule has 0 saturated carbocycles. The lowest BCUT2D eigenvalue weighted by atomic mass is 10.2. The Balaban J connectivity index is 1.90. The second-order valence-electron chi connectivity index (χ2n) is 5.35. The Morgan fingerprint density at radius 2 is 2.08 bits per heavy atom. The first-order valence-corrected chi connectivity index (χ1v) is 7.59. The van der Waals surface area contributed by atoms with E-state index in [4.69, 9.17) is 4.74 Å². The predicted molar refractivity (Wildman–Crippen MR) is 92.5 cm³/mol. The van der Waals surface area contributed by atoms with Crippen LogP contribution in [0.25, 0.3) is 16.9 Å². The van der Waals surface area contributed by atoms with Gasteiger partial charge in [-0.1, -0.05) is 6.07 Å². The Labute approximate surface area is 143 Å². The van der Waals surface area contributed by atoms with Crippen molar-refractivity contribution < 1.29 is 9.13 Å². The van der Waals surface area contributed by atoms with Crippen LogP contribution in [0.4, 0.5) is 15.9 Å².